The first-order chi connectivity index (χ1) is 13.5. The monoisotopic (exact) mass is 644 g/mol. The van der Waals surface area contributed by atoms with E-state index in [9.17, 15) is 0 Å². The number of benzene rings is 1. The van der Waals surface area contributed by atoms with E-state index < -0.39 is 0 Å². The van der Waals surface area contributed by atoms with Crippen LogP contribution >= 0.6 is 0 Å². The summed E-state index contributed by atoms with van der Waals surface area (Å²) in [6.07, 6.45) is 7.82. The van der Waals surface area contributed by atoms with Crippen molar-refractivity contribution in [1.29, 1.82) is 0 Å². The molecule has 0 amide bonds. The first-order valence-electron chi connectivity index (χ1n) is 12.3. The molecule has 1 aromatic rings. The molecule has 4 heteroatoms. The van der Waals surface area contributed by atoms with Crippen molar-refractivity contribution in [3.8, 4) is 0 Å². The van der Waals surface area contributed by atoms with Crippen molar-refractivity contribution in [2.75, 3.05) is 52.4 Å². The Labute approximate surface area is 223 Å². The highest BCUT2D eigenvalue weighted by molar-refractivity contribution is 5.22. The second-order valence-corrected chi connectivity index (χ2v) is 8.76. The maximum Gasteiger partial charge on any atom is 0.0786 e. The van der Waals surface area contributed by atoms with Gasteiger partial charge in [0.15, 0.2) is 0 Å². The predicted molar refractivity (Wildman–Crippen MR) is 126 cm³/mol. The third-order valence-electron chi connectivity index (χ3n) is 7.74. The molecule has 0 spiro atoms. The summed E-state index contributed by atoms with van der Waals surface area (Å²) in [6.45, 7) is 24.4. The zero-order valence-corrected chi connectivity index (χ0v) is 25.2. The molecule has 1 aromatic carbocycles. The van der Waals surface area contributed by atoms with Crippen LogP contribution in [-0.2, 0) is 12.8 Å². The molecule has 0 heterocycles. The third-order valence-corrected chi connectivity index (χ3v) is 7.74. The van der Waals surface area contributed by atoms with Gasteiger partial charge < -0.3 is 56.9 Å². The van der Waals surface area contributed by atoms with E-state index in [0.717, 1.165) is 0 Å². The van der Waals surface area contributed by atoms with Crippen molar-refractivity contribution >= 4 is 0 Å². The van der Waals surface area contributed by atoms with Gasteiger partial charge in [0.05, 0.1) is 52.4 Å². The van der Waals surface area contributed by atoms with Crippen LogP contribution in [0.4, 0.5) is 0 Å². The van der Waals surface area contributed by atoms with Crippen molar-refractivity contribution in [3.63, 3.8) is 0 Å². The summed E-state index contributed by atoms with van der Waals surface area (Å²) in [6, 6.07) is 9.51. The fourth-order valence-corrected chi connectivity index (χ4v) is 4.72. The van der Waals surface area contributed by atoms with Gasteiger partial charge in [-0.25, -0.2) is 0 Å². The SMILES string of the molecule is CC[N+](CC)(CC)CCCCc1ccc(CCCC[N+](CC)(CC)CC)cc1.[I-].[I-]. The highest BCUT2D eigenvalue weighted by atomic mass is 127. The standard InChI is InChI=1S/C26H50N2.2HI/c1-7-27(8-2,9-3)23-15-13-17-25-19-21-26(22-20-25)18-14-16-24-28(10-4,11-5)12-6;;/h19-22H,7-18,23-24H2,1-6H3;2*1H/q+2;;/p-2. The minimum absolute atomic E-state index is 0. The second-order valence-electron chi connectivity index (χ2n) is 8.76. The van der Waals surface area contributed by atoms with Crippen LogP contribution in [0.2, 0.25) is 0 Å². The van der Waals surface area contributed by atoms with Gasteiger partial charge in [-0.2, -0.15) is 0 Å². The number of hydrogen-bond donors (Lipinski definition) is 0. The van der Waals surface area contributed by atoms with Gasteiger partial charge in [-0.15, -0.1) is 0 Å². The minimum atomic E-state index is 0. The smallest absolute Gasteiger partial charge is 0.0786 e. The Balaban J connectivity index is 0. The molecule has 1 rings (SSSR count). The maximum atomic E-state index is 2.38. The molecule has 0 fully saturated rings. The Hall–Kier alpha value is 0.600. The fourth-order valence-electron chi connectivity index (χ4n) is 4.72. The van der Waals surface area contributed by atoms with Crippen LogP contribution in [0, 0.1) is 0 Å². The van der Waals surface area contributed by atoms with Gasteiger partial charge in [0.1, 0.15) is 0 Å². The first-order valence-corrected chi connectivity index (χ1v) is 12.3. The molecule has 0 N–H and O–H groups in total. The zero-order chi connectivity index (χ0) is 20.9. The van der Waals surface area contributed by atoms with Crippen molar-refractivity contribution < 1.29 is 56.9 Å². The van der Waals surface area contributed by atoms with E-state index in [1.807, 2.05) is 0 Å². The van der Waals surface area contributed by atoms with E-state index in [-0.39, 0.29) is 48.0 Å². The van der Waals surface area contributed by atoms with Gasteiger partial charge in [0.2, 0.25) is 0 Å². The number of halogens is 2. The summed E-state index contributed by atoms with van der Waals surface area (Å²) in [7, 11) is 0. The lowest BCUT2D eigenvalue weighted by Gasteiger charge is -2.35. The summed E-state index contributed by atoms with van der Waals surface area (Å²) in [5.41, 5.74) is 3.04. The van der Waals surface area contributed by atoms with Crippen LogP contribution < -0.4 is 48.0 Å². The van der Waals surface area contributed by atoms with E-state index >= 15 is 0 Å². The molecule has 0 unspecified atom stereocenters. The zero-order valence-electron chi connectivity index (χ0n) is 20.9. The van der Waals surface area contributed by atoms with Crippen molar-refractivity contribution in [2.45, 2.75) is 80.1 Å². The second kappa shape index (κ2) is 18.1. The van der Waals surface area contributed by atoms with E-state index in [1.165, 1.54) is 111 Å². The molecular formula is C26H50I2N2. The molecule has 0 aromatic heterocycles. The fraction of sp³-hybridized carbons (Fsp3) is 0.769. The van der Waals surface area contributed by atoms with E-state index in [2.05, 4.69) is 65.8 Å². The molecular weight excluding hydrogens is 594 g/mol. The van der Waals surface area contributed by atoms with Gasteiger partial charge in [-0.1, -0.05) is 24.3 Å². The lowest BCUT2D eigenvalue weighted by Crippen LogP contribution is -3.00. The van der Waals surface area contributed by atoms with Crippen LogP contribution in [-0.4, -0.2) is 61.3 Å². The Kier molecular flexibility index (Phi) is 19.7. The number of rotatable bonds is 16. The molecule has 0 saturated carbocycles. The van der Waals surface area contributed by atoms with Gasteiger partial charge in [0, 0.05) is 0 Å². The van der Waals surface area contributed by atoms with Crippen LogP contribution in [0.5, 0.6) is 0 Å². The topological polar surface area (TPSA) is 0 Å². The summed E-state index contributed by atoms with van der Waals surface area (Å²) in [5.74, 6) is 0. The van der Waals surface area contributed by atoms with Gasteiger partial charge >= 0.3 is 0 Å². The highest BCUT2D eigenvalue weighted by Crippen LogP contribution is 2.14. The molecule has 178 valence electrons. The Morgan fingerprint density at radius 3 is 0.967 bits per heavy atom. The summed E-state index contributed by atoms with van der Waals surface area (Å²) < 4.78 is 2.57. The number of aryl methyl sites for hydroxylation is 2. The van der Waals surface area contributed by atoms with Crippen molar-refractivity contribution in [1.82, 2.24) is 0 Å². The van der Waals surface area contributed by atoms with Crippen molar-refractivity contribution in [3.05, 3.63) is 35.4 Å². The van der Waals surface area contributed by atoms with Gasteiger partial charge in [-0.05, 0) is 91.2 Å². The molecule has 0 aliphatic rings. The molecule has 0 radical (unpaired) electrons. The normalized spacial score (nSPS) is 11.7. The van der Waals surface area contributed by atoms with Gasteiger partial charge in [-0.3, -0.25) is 0 Å². The average Bonchev–Trinajstić information content (AvgIpc) is 2.76. The average molecular weight is 645 g/mol. The van der Waals surface area contributed by atoms with Gasteiger partial charge in [0.25, 0.3) is 0 Å². The lowest BCUT2D eigenvalue weighted by molar-refractivity contribution is -0.923. The quantitative estimate of drug-likeness (QED) is 0.136. The van der Waals surface area contributed by atoms with Crippen LogP contribution in [0.15, 0.2) is 24.3 Å². The number of unbranched alkanes of at least 4 members (excludes halogenated alkanes) is 2. The highest BCUT2D eigenvalue weighted by Gasteiger charge is 2.20. The summed E-state index contributed by atoms with van der Waals surface area (Å²) in [5, 5.41) is 0. The first kappa shape index (κ1) is 32.8. The number of nitrogens with zero attached hydrogens (tertiary/aromatic N) is 2. The maximum absolute atomic E-state index is 2.38. The molecule has 0 aliphatic carbocycles. The van der Waals surface area contributed by atoms with Crippen LogP contribution in [0.3, 0.4) is 0 Å². The number of quaternary nitrogens is 2. The molecule has 0 atom stereocenters. The van der Waals surface area contributed by atoms with E-state index in [0.29, 0.717) is 0 Å². The summed E-state index contributed by atoms with van der Waals surface area (Å²) in [4.78, 5) is 0. The van der Waals surface area contributed by atoms with E-state index in [1.54, 1.807) is 0 Å². The Bertz CT molecular complexity index is 445. The predicted octanol–water partition coefficient (Wildman–Crippen LogP) is 0.0930. The lowest BCUT2D eigenvalue weighted by atomic mass is 10.0. The molecule has 0 aliphatic heterocycles. The third kappa shape index (κ3) is 11.0. The van der Waals surface area contributed by atoms with Crippen LogP contribution in [0.25, 0.3) is 0 Å². The largest absolute Gasteiger partial charge is 1.00 e. The minimum Gasteiger partial charge on any atom is -1.00 e. The molecule has 0 saturated heterocycles. The Morgan fingerprint density at radius 2 is 0.733 bits per heavy atom. The summed E-state index contributed by atoms with van der Waals surface area (Å²) >= 11 is 0. The number of hydrogen-bond acceptors (Lipinski definition) is 0. The molecule has 2 nitrogen and oxygen atoms in total. The molecule has 30 heavy (non-hydrogen) atoms. The van der Waals surface area contributed by atoms with Crippen LogP contribution in [0.1, 0.15) is 78.4 Å². The molecule has 0 bridgehead atoms. The van der Waals surface area contributed by atoms with Crippen molar-refractivity contribution in [2.24, 2.45) is 0 Å². The Morgan fingerprint density at radius 1 is 0.467 bits per heavy atom. The van der Waals surface area contributed by atoms with E-state index in [4.69, 9.17) is 0 Å².